The summed E-state index contributed by atoms with van der Waals surface area (Å²) in [5, 5.41) is 21.1. The molecule has 300 valence electrons. The van der Waals surface area contributed by atoms with Crippen molar-refractivity contribution in [3.8, 4) is 5.75 Å². The van der Waals surface area contributed by atoms with E-state index in [4.69, 9.17) is 0 Å². The normalized spacial score (nSPS) is 27.2. The predicted molar refractivity (Wildman–Crippen MR) is 203 cm³/mol. The van der Waals surface area contributed by atoms with Gasteiger partial charge < -0.3 is 10.2 Å². The van der Waals surface area contributed by atoms with Crippen molar-refractivity contribution >= 4 is 21.6 Å². The average molecular weight is 781 g/mol. The molecule has 2 fully saturated rings. The van der Waals surface area contributed by atoms with E-state index in [9.17, 15) is 40.6 Å². The number of phenols is 1. The van der Waals surface area contributed by atoms with Crippen LogP contribution < -0.4 is 0 Å². The summed E-state index contributed by atoms with van der Waals surface area (Å²) in [4.78, 5) is 0. The van der Waals surface area contributed by atoms with Crippen LogP contribution in [-0.2, 0) is 28.0 Å². The van der Waals surface area contributed by atoms with Crippen molar-refractivity contribution in [2.45, 2.75) is 172 Å². The van der Waals surface area contributed by atoms with Gasteiger partial charge >= 0.3 is 12.1 Å². The second kappa shape index (κ2) is 20.7. The highest BCUT2D eigenvalue weighted by Crippen LogP contribution is 2.62. The van der Waals surface area contributed by atoms with Crippen molar-refractivity contribution in [1.82, 2.24) is 0 Å². The fourth-order valence-corrected chi connectivity index (χ4v) is 12.2. The minimum Gasteiger partial charge on any atom is -0.508 e. The molecule has 8 atom stereocenters. The molecule has 11 heteroatoms. The average Bonchev–Trinajstić information content (AvgIpc) is 3.39. The predicted octanol–water partition coefficient (Wildman–Crippen LogP) is 11.2. The van der Waals surface area contributed by atoms with Crippen molar-refractivity contribution in [2.75, 3.05) is 23.0 Å². The second-order valence-electron chi connectivity index (χ2n) is 16.5. The number of fused-ring (bicyclic) bond motifs is 5. The Balaban J connectivity index is 0.971. The molecule has 3 aliphatic rings. The molecule has 1 aromatic rings. The van der Waals surface area contributed by atoms with Gasteiger partial charge in [0.1, 0.15) is 5.75 Å². The molecule has 0 radical (unpaired) electrons. The van der Waals surface area contributed by atoms with E-state index in [1.54, 1.807) is 0 Å². The molecule has 4 rings (SSSR count). The highest BCUT2D eigenvalue weighted by atomic mass is 32.2. The number of hydrogen-bond donors (Lipinski definition) is 2. The van der Waals surface area contributed by atoms with Gasteiger partial charge in [-0.25, -0.2) is 0 Å². The lowest BCUT2D eigenvalue weighted by atomic mass is 9.52. The number of hydrogen-bond acceptors (Lipinski definition) is 4. The topological polar surface area (TPSA) is 74.6 Å². The zero-order valence-electron chi connectivity index (χ0n) is 31.4. The lowest BCUT2D eigenvalue weighted by molar-refractivity contribution is -0.284. The van der Waals surface area contributed by atoms with E-state index in [0.29, 0.717) is 41.6 Å². The first-order chi connectivity index (χ1) is 24.7. The van der Waals surface area contributed by atoms with Crippen molar-refractivity contribution in [3.63, 3.8) is 0 Å². The Hall–Kier alpha value is -1.07. The Bertz CT molecular complexity index is 1280. The van der Waals surface area contributed by atoms with Crippen LogP contribution >= 0.6 is 0 Å². The van der Waals surface area contributed by atoms with Gasteiger partial charge in [-0.2, -0.15) is 22.0 Å². The minimum absolute atomic E-state index is 0.0551. The first-order valence-corrected chi connectivity index (χ1v) is 23.3. The summed E-state index contributed by atoms with van der Waals surface area (Å²) in [7, 11) is -2.13. The highest BCUT2D eigenvalue weighted by molar-refractivity contribution is 7.85. The fourth-order valence-electron chi connectivity index (χ4n) is 9.80. The number of unbranched alkanes of at least 4 members (excludes halogenated alkanes) is 12. The summed E-state index contributed by atoms with van der Waals surface area (Å²) >= 11 is 0. The van der Waals surface area contributed by atoms with E-state index in [-0.39, 0.29) is 17.3 Å². The van der Waals surface area contributed by atoms with Gasteiger partial charge in [0.25, 0.3) is 0 Å². The maximum Gasteiger partial charge on any atom is 0.453 e. The third-order valence-corrected chi connectivity index (χ3v) is 15.8. The van der Waals surface area contributed by atoms with Gasteiger partial charge in [0.2, 0.25) is 0 Å². The van der Waals surface area contributed by atoms with Gasteiger partial charge in [-0.15, -0.1) is 0 Å². The Morgan fingerprint density at radius 3 is 1.81 bits per heavy atom. The molecule has 0 heterocycles. The van der Waals surface area contributed by atoms with Crippen LogP contribution in [0.15, 0.2) is 18.2 Å². The van der Waals surface area contributed by atoms with E-state index in [2.05, 4.69) is 13.0 Å². The number of rotatable bonds is 24. The SMILES string of the molecule is C[C@]12CC[C@@H]3c4ccc(O)cc4C[C@H](CCCCCCCCC[S@](=O)CCCCCCCCC[S@@](=O)CCCC(F)(F)C(F)(F)F)[C@H]3[C@@H]1CC[C@@H]2O. The summed E-state index contributed by atoms with van der Waals surface area (Å²) in [5.41, 5.74) is 2.85. The lowest BCUT2D eigenvalue weighted by Gasteiger charge is -2.53. The number of benzene rings is 1. The number of aliphatic hydroxyl groups excluding tert-OH is 1. The molecular formula is C41H65F5O4S2. The Labute approximate surface area is 314 Å². The summed E-state index contributed by atoms with van der Waals surface area (Å²) in [6.07, 6.45) is 14.0. The standard InChI is InChI=1S/C41H65F5O4S2/c1-39-24-22-35-34-19-18-33(47)30-32(34)29-31(38(35)36(39)20-21-37(39)48)17-12-8-4-2-5-9-13-25-51(49)26-14-10-6-3-7-11-15-27-52(50)28-16-23-40(42,43)41(44,45)46/h18-19,30-31,35-38,47-48H,2-17,20-29H2,1H3/t31-,35+,36-,37-,38+,39-,51-,52+/m0/s1. The van der Waals surface area contributed by atoms with Crippen molar-refractivity contribution < 1.29 is 40.6 Å². The first-order valence-electron chi connectivity index (χ1n) is 20.4. The monoisotopic (exact) mass is 780 g/mol. The van der Waals surface area contributed by atoms with E-state index in [0.717, 1.165) is 95.0 Å². The lowest BCUT2D eigenvalue weighted by Crippen LogP contribution is -2.47. The smallest absolute Gasteiger partial charge is 0.453 e. The van der Waals surface area contributed by atoms with Crippen LogP contribution in [0, 0.1) is 23.2 Å². The van der Waals surface area contributed by atoms with Gasteiger partial charge in [-0.05, 0) is 117 Å². The third kappa shape index (κ3) is 12.5. The molecule has 0 saturated heterocycles. The van der Waals surface area contributed by atoms with E-state index in [1.807, 2.05) is 12.1 Å². The zero-order valence-corrected chi connectivity index (χ0v) is 33.1. The molecular weight excluding hydrogens is 716 g/mol. The molecule has 2 saturated carbocycles. The Kier molecular flexibility index (Phi) is 17.4. The van der Waals surface area contributed by atoms with Gasteiger partial charge in [-0.3, -0.25) is 8.42 Å². The third-order valence-electron chi connectivity index (χ3n) is 12.8. The fraction of sp³-hybridized carbons (Fsp3) is 0.854. The molecule has 0 unspecified atom stereocenters. The quantitative estimate of drug-likeness (QED) is 0.0809. The summed E-state index contributed by atoms with van der Waals surface area (Å²) in [6, 6.07) is 6.03. The molecule has 4 nitrogen and oxygen atoms in total. The van der Waals surface area contributed by atoms with Gasteiger partial charge in [0.15, 0.2) is 0 Å². The molecule has 3 aliphatic carbocycles. The molecule has 52 heavy (non-hydrogen) atoms. The maximum atomic E-state index is 12.9. The van der Waals surface area contributed by atoms with Crippen LogP contribution in [0.3, 0.4) is 0 Å². The minimum atomic E-state index is -5.55. The van der Waals surface area contributed by atoms with Gasteiger partial charge in [0, 0.05) is 51.0 Å². The number of phenolic OH excluding ortho intramolecular Hbond substituents is 1. The number of alkyl halides is 5. The van der Waals surface area contributed by atoms with Crippen LogP contribution in [0.4, 0.5) is 22.0 Å². The first kappa shape index (κ1) is 43.7. The molecule has 0 amide bonds. The van der Waals surface area contributed by atoms with Crippen LogP contribution in [-0.4, -0.2) is 59.8 Å². The van der Waals surface area contributed by atoms with E-state index in [1.165, 1.54) is 49.7 Å². The summed E-state index contributed by atoms with van der Waals surface area (Å²) in [5.74, 6) is -0.187. The van der Waals surface area contributed by atoms with E-state index >= 15 is 0 Å². The number of aliphatic hydroxyl groups is 1. The zero-order chi connectivity index (χ0) is 37.8. The molecule has 0 aliphatic heterocycles. The van der Waals surface area contributed by atoms with Gasteiger partial charge in [-0.1, -0.05) is 83.6 Å². The van der Waals surface area contributed by atoms with Crippen molar-refractivity contribution in [2.24, 2.45) is 23.2 Å². The number of halogens is 5. The van der Waals surface area contributed by atoms with Crippen molar-refractivity contribution in [3.05, 3.63) is 29.3 Å². The van der Waals surface area contributed by atoms with Crippen LogP contribution in [0.25, 0.3) is 0 Å². The van der Waals surface area contributed by atoms with Gasteiger partial charge in [0.05, 0.1) is 6.10 Å². The van der Waals surface area contributed by atoms with Crippen molar-refractivity contribution in [1.29, 1.82) is 0 Å². The Morgan fingerprint density at radius 1 is 0.731 bits per heavy atom. The molecule has 0 aromatic heterocycles. The number of aromatic hydroxyl groups is 1. The van der Waals surface area contributed by atoms with Crippen LogP contribution in [0.1, 0.15) is 159 Å². The molecule has 0 spiro atoms. The summed E-state index contributed by atoms with van der Waals surface area (Å²) in [6.45, 7) is 2.34. The molecule has 2 N–H and O–H groups in total. The largest absolute Gasteiger partial charge is 0.508 e. The second-order valence-corrected chi connectivity index (χ2v) is 19.9. The summed E-state index contributed by atoms with van der Waals surface area (Å²) < 4.78 is 86.8. The van der Waals surface area contributed by atoms with E-state index < -0.39 is 46.5 Å². The maximum absolute atomic E-state index is 12.9. The molecule has 1 aromatic carbocycles. The van der Waals surface area contributed by atoms with Crippen LogP contribution in [0.5, 0.6) is 5.75 Å². The van der Waals surface area contributed by atoms with Crippen LogP contribution in [0.2, 0.25) is 0 Å². The molecule has 0 bridgehead atoms. The Morgan fingerprint density at radius 2 is 1.25 bits per heavy atom. The highest BCUT2D eigenvalue weighted by Gasteiger charge is 2.57.